The second-order valence-electron chi connectivity index (χ2n) is 4.48. The summed E-state index contributed by atoms with van der Waals surface area (Å²) in [5.41, 5.74) is 1.02. The van der Waals surface area contributed by atoms with Crippen LogP contribution < -0.4 is 0 Å². The molecule has 1 aromatic rings. The minimum Gasteiger partial charge on any atom is -0.265 e. The summed E-state index contributed by atoms with van der Waals surface area (Å²) in [6.45, 7) is 0.662. The summed E-state index contributed by atoms with van der Waals surface area (Å²) < 4.78 is 26.2. The van der Waals surface area contributed by atoms with Crippen LogP contribution in [0.2, 0.25) is 0 Å². The third-order valence-electron chi connectivity index (χ3n) is 3.26. The number of aryl methyl sites for hydroxylation is 1. The first-order valence-corrected chi connectivity index (χ1v) is 8.81. The summed E-state index contributed by atoms with van der Waals surface area (Å²) in [5.74, 6) is 0.181. The van der Waals surface area contributed by atoms with Gasteiger partial charge in [-0.05, 0) is 37.0 Å². The van der Waals surface area contributed by atoms with E-state index in [0.29, 0.717) is 13.0 Å². The van der Waals surface area contributed by atoms with Crippen LogP contribution in [-0.4, -0.2) is 41.4 Å². The molecule has 0 aliphatic carbocycles. The van der Waals surface area contributed by atoms with Crippen molar-refractivity contribution in [1.29, 1.82) is 0 Å². The van der Waals surface area contributed by atoms with E-state index in [2.05, 4.69) is 20.9 Å². The van der Waals surface area contributed by atoms with Gasteiger partial charge in [-0.25, -0.2) is 8.42 Å². The van der Waals surface area contributed by atoms with Crippen LogP contribution in [-0.2, 0) is 16.4 Å². The van der Waals surface area contributed by atoms with Crippen LogP contribution in [0.1, 0.15) is 18.4 Å². The third-order valence-corrected chi connectivity index (χ3v) is 5.92. The number of hydrogen-bond acceptors (Lipinski definition) is 3. The van der Waals surface area contributed by atoms with E-state index in [4.69, 9.17) is 0 Å². The van der Waals surface area contributed by atoms with Gasteiger partial charge >= 0.3 is 0 Å². The zero-order valence-electron chi connectivity index (χ0n) is 10.1. The maximum atomic E-state index is 12.3. The molecule has 100 valence electrons. The molecule has 18 heavy (non-hydrogen) atoms. The molecule has 0 saturated carbocycles. The first-order chi connectivity index (χ1) is 8.63. The van der Waals surface area contributed by atoms with Gasteiger partial charge in [0.25, 0.3) is 0 Å². The van der Waals surface area contributed by atoms with E-state index >= 15 is 0 Å². The fourth-order valence-corrected chi connectivity index (χ4v) is 4.88. The normalized spacial score (nSPS) is 21.3. The molecule has 1 fully saturated rings. The average Bonchev–Trinajstić information content (AvgIpc) is 2.87. The fourth-order valence-electron chi connectivity index (χ4n) is 2.24. The lowest BCUT2D eigenvalue weighted by atomic mass is 10.2. The van der Waals surface area contributed by atoms with Gasteiger partial charge in [-0.2, -0.15) is 4.31 Å². The molecule has 4 nitrogen and oxygen atoms in total. The zero-order chi connectivity index (χ0) is 13.0. The molecular weight excluding hydrogens is 316 g/mol. The van der Waals surface area contributed by atoms with Gasteiger partial charge in [-0.1, -0.05) is 15.9 Å². The van der Waals surface area contributed by atoms with Crippen LogP contribution in [0.25, 0.3) is 0 Å². The summed E-state index contributed by atoms with van der Waals surface area (Å²) >= 11 is 3.39. The molecule has 1 aliphatic rings. The topological polar surface area (TPSA) is 50.3 Å². The Morgan fingerprint density at radius 3 is 2.78 bits per heavy atom. The Hall–Kier alpha value is -0.460. The molecule has 0 radical (unpaired) electrons. The van der Waals surface area contributed by atoms with E-state index in [1.807, 2.05) is 12.1 Å². The molecule has 1 aromatic heterocycles. The van der Waals surface area contributed by atoms with Gasteiger partial charge in [0.1, 0.15) is 0 Å². The van der Waals surface area contributed by atoms with E-state index in [1.54, 1.807) is 16.7 Å². The Morgan fingerprint density at radius 1 is 1.39 bits per heavy atom. The summed E-state index contributed by atoms with van der Waals surface area (Å²) in [6, 6.07) is 3.86. The molecule has 1 saturated heterocycles. The number of aromatic nitrogens is 1. The lowest BCUT2D eigenvalue weighted by molar-refractivity contribution is 0.413. The molecule has 6 heteroatoms. The van der Waals surface area contributed by atoms with Crippen molar-refractivity contribution in [2.45, 2.75) is 25.3 Å². The smallest absolute Gasteiger partial charge is 0.214 e. The van der Waals surface area contributed by atoms with Gasteiger partial charge in [-0.3, -0.25) is 4.98 Å². The third kappa shape index (κ3) is 3.30. The minimum absolute atomic E-state index is 0.132. The van der Waals surface area contributed by atoms with Crippen LogP contribution in [0.4, 0.5) is 0 Å². The Morgan fingerprint density at radius 2 is 2.11 bits per heavy atom. The molecule has 1 aliphatic heterocycles. The predicted molar refractivity (Wildman–Crippen MR) is 75.2 cm³/mol. The highest BCUT2D eigenvalue weighted by Gasteiger charge is 2.32. The Bertz CT molecular complexity index is 478. The molecular formula is C12H17BrN2O2S. The molecule has 0 N–H and O–H groups in total. The number of halogens is 1. The van der Waals surface area contributed by atoms with Crippen LogP contribution in [0.5, 0.6) is 0 Å². The average molecular weight is 333 g/mol. The second-order valence-corrected chi connectivity index (χ2v) is 7.17. The van der Waals surface area contributed by atoms with Crippen molar-refractivity contribution in [1.82, 2.24) is 9.29 Å². The molecule has 1 unspecified atom stereocenters. The van der Waals surface area contributed by atoms with E-state index in [0.717, 1.165) is 23.7 Å². The van der Waals surface area contributed by atoms with E-state index in [9.17, 15) is 8.42 Å². The fraction of sp³-hybridized carbons (Fsp3) is 0.583. The van der Waals surface area contributed by atoms with Gasteiger partial charge in [0.2, 0.25) is 10.0 Å². The molecule has 0 aromatic carbocycles. The van der Waals surface area contributed by atoms with Crippen LogP contribution >= 0.6 is 15.9 Å². The zero-order valence-corrected chi connectivity index (χ0v) is 12.5. The van der Waals surface area contributed by atoms with Crippen molar-refractivity contribution >= 4 is 26.0 Å². The number of pyridine rings is 1. The standard InChI is InChI=1S/C12H17BrN2O2S/c13-10-12-2-1-8-15(12)18(16,17)9-5-11-3-6-14-7-4-11/h3-4,6-7,12H,1-2,5,8-10H2. The summed E-state index contributed by atoms with van der Waals surface area (Å²) in [6.07, 6.45) is 5.86. The number of nitrogens with zero attached hydrogens (tertiary/aromatic N) is 2. The maximum Gasteiger partial charge on any atom is 0.214 e. The SMILES string of the molecule is O=S(=O)(CCc1ccncc1)N1CCCC1CBr. The van der Waals surface area contributed by atoms with Crippen molar-refractivity contribution in [3.8, 4) is 0 Å². The van der Waals surface area contributed by atoms with Crippen molar-refractivity contribution in [2.75, 3.05) is 17.6 Å². The lowest BCUT2D eigenvalue weighted by Crippen LogP contribution is -2.38. The maximum absolute atomic E-state index is 12.3. The Labute approximate surface area is 117 Å². The quantitative estimate of drug-likeness (QED) is 0.773. The van der Waals surface area contributed by atoms with E-state index < -0.39 is 10.0 Å². The highest BCUT2D eigenvalue weighted by molar-refractivity contribution is 9.09. The van der Waals surface area contributed by atoms with Gasteiger partial charge in [0.05, 0.1) is 5.75 Å². The predicted octanol–water partition coefficient (Wildman–Crippen LogP) is 1.81. The number of rotatable bonds is 5. The van der Waals surface area contributed by atoms with Crippen LogP contribution in [0.15, 0.2) is 24.5 Å². The van der Waals surface area contributed by atoms with Gasteiger partial charge in [0, 0.05) is 30.3 Å². The molecule has 2 heterocycles. The van der Waals surface area contributed by atoms with Crippen molar-refractivity contribution < 1.29 is 8.42 Å². The number of sulfonamides is 1. The van der Waals surface area contributed by atoms with Gasteiger partial charge in [-0.15, -0.1) is 0 Å². The largest absolute Gasteiger partial charge is 0.265 e. The monoisotopic (exact) mass is 332 g/mol. The molecule has 0 spiro atoms. The van der Waals surface area contributed by atoms with Crippen molar-refractivity contribution in [2.24, 2.45) is 0 Å². The first-order valence-electron chi connectivity index (χ1n) is 6.08. The second kappa shape index (κ2) is 6.12. The van der Waals surface area contributed by atoms with E-state index in [-0.39, 0.29) is 11.8 Å². The van der Waals surface area contributed by atoms with Gasteiger partial charge < -0.3 is 0 Å². The molecule has 2 rings (SSSR count). The highest BCUT2D eigenvalue weighted by Crippen LogP contribution is 2.23. The van der Waals surface area contributed by atoms with Crippen LogP contribution in [0, 0.1) is 0 Å². The molecule has 0 amide bonds. The van der Waals surface area contributed by atoms with Crippen LogP contribution in [0.3, 0.4) is 0 Å². The number of alkyl halides is 1. The molecule has 1 atom stereocenters. The minimum atomic E-state index is -3.14. The lowest BCUT2D eigenvalue weighted by Gasteiger charge is -2.22. The summed E-state index contributed by atoms with van der Waals surface area (Å²) in [7, 11) is -3.14. The first kappa shape index (κ1) is 14.0. The Kier molecular flexibility index (Phi) is 4.75. The summed E-state index contributed by atoms with van der Waals surface area (Å²) in [5, 5.41) is 0.724. The highest BCUT2D eigenvalue weighted by atomic mass is 79.9. The van der Waals surface area contributed by atoms with E-state index in [1.165, 1.54) is 0 Å². The van der Waals surface area contributed by atoms with Gasteiger partial charge in [0.15, 0.2) is 0 Å². The number of hydrogen-bond donors (Lipinski definition) is 0. The Balaban J connectivity index is 1.99. The van der Waals surface area contributed by atoms with Crippen molar-refractivity contribution in [3.63, 3.8) is 0 Å². The summed E-state index contributed by atoms with van der Waals surface area (Å²) in [4.78, 5) is 3.93. The molecule has 0 bridgehead atoms. The van der Waals surface area contributed by atoms with Crippen molar-refractivity contribution in [3.05, 3.63) is 30.1 Å².